The molecule has 0 spiro atoms. The standard InChI is InChI=1S/C23H25N4O2P/c1-16-13-26-14-19(2-4-21(26)24-16)20-12-22(29)27-15-18(3-5-23(27)30-20)17-6-8-25(9-7-17)10-11-28/h2-6,12-15,23,28,30H,7-11H2,1H3. The zero-order chi connectivity index (χ0) is 20.7. The molecule has 5 heterocycles. The quantitative estimate of drug-likeness (QED) is 0.773. The summed E-state index contributed by atoms with van der Waals surface area (Å²) in [4.78, 5) is 21.5. The number of hydrogen-bond acceptors (Lipinski definition) is 4. The Morgan fingerprint density at radius 2 is 2.20 bits per heavy atom. The number of aryl methyl sites for hydroxylation is 1. The van der Waals surface area contributed by atoms with Crippen LogP contribution in [0.5, 0.6) is 0 Å². The van der Waals surface area contributed by atoms with Crippen LogP contribution in [-0.4, -0.2) is 62.2 Å². The van der Waals surface area contributed by atoms with Gasteiger partial charge in [0.15, 0.2) is 0 Å². The van der Waals surface area contributed by atoms with E-state index in [1.807, 2.05) is 34.7 Å². The Kier molecular flexibility index (Phi) is 5.15. The minimum absolute atomic E-state index is 0.0378. The fraction of sp³-hybridized carbons (Fsp3) is 0.304. The van der Waals surface area contributed by atoms with Crippen molar-refractivity contribution in [2.75, 3.05) is 26.2 Å². The molecule has 1 amide bonds. The van der Waals surface area contributed by atoms with Gasteiger partial charge in [0, 0.05) is 44.3 Å². The van der Waals surface area contributed by atoms with Crippen molar-refractivity contribution in [1.29, 1.82) is 0 Å². The maximum Gasteiger partial charge on any atom is 0.252 e. The van der Waals surface area contributed by atoms with E-state index in [4.69, 9.17) is 5.11 Å². The Bertz CT molecular complexity index is 1130. The number of imidazole rings is 1. The number of allylic oxidation sites excluding steroid dienone is 2. The second-order valence-corrected chi connectivity index (χ2v) is 9.32. The molecule has 5 rings (SSSR count). The van der Waals surface area contributed by atoms with Gasteiger partial charge in [0.05, 0.1) is 18.1 Å². The van der Waals surface area contributed by atoms with Crippen LogP contribution >= 0.6 is 8.58 Å². The van der Waals surface area contributed by atoms with Crippen LogP contribution in [0.4, 0.5) is 0 Å². The van der Waals surface area contributed by atoms with Crippen molar-refractivity contribution in [2.24, 2.45) is 0 Å². The number of carbonyl (C=O) groups excluding carboxylic acids is 1. The fourth-order valence-electron chi connectivity index (χ4n) is 4.23. The molecule has 6 nitrogen and oxygen atoms in total. The van der Waals surface area contributed by atoms with E-state index in [0.717, 1.165) is 47.3 Å². The molecule has 1 N–H and O–H groups in total. The first kappa shape index (κ1) is 19.4. The third-order valence-corrected chi connectivity index (χ3v) is 7.33. The summed E-state index contributed by atoms with van der Waals surface area (Å²) in [6.45, 7) is 4.68. The molecule has 154 valence electrons. The molecule has 2 aromatic rings. The van der Waals surface area contributed by atoms with Crippen LogP contribution in [-0.2, 0) is 4.79 Å². The summed E-state index contributed by atoms with van der Waals surface area (Å²) >= 11 is 0. The average molecular weight is 420 g/mol. The lowest BCUT2D eigenvalue weighted by Crippen LogP contribution is -2.36. The smallest absolute Gasteiger partial charge is 0.252 e. The number of carbonyl (C=O) groups is 1. The van der Waals surface area contributed by atoms with Gasteiger partial charge < -0.3 is 14.4 Å². The van der Waals surface area contributed by atoms with Gasteiger partial charge >= 0.3 is 0 Å². The molecule has 0 bridgehead atoms. The fourth-order valence-corrected chi connectivity index (χ4v) is 5.60. The topological polar surface area (TPSA) is 61.1 Å². The maximum absolute atomic E-state index is 12.9. The predicted molar refractivity (Wildman–Crippen MR) is 120 cm³/mol. The second kappa shape index (κ2) is 7.95. The maximum atomic E-state index is 12.9. The average Bonchev–Trinajstić information content (AvgIpc) is 3.13. The molecule has 0 fully saturated rings. The third kappa shape index (κ3) is 3.67. The lowest BCUT2D eigenvalue weighted by molar-refractivity contribution is -0.123. The lowest BCUT2D eigenvalue weighted by Gasteiger charge is -2.35. The Morgan fingerprint density at radius 3 is 3.00 bits per heavy atom. The number of aromatic nitrogens is 2. The van der Waals surface area contributed by atoms with E-state index >= 15 is 0 Å². The third-order valence-electron chi connectivity index (χ3n) is 5.82. The molecule has 0 saturated carbocycles. The van der Waals surface area contributed by atoms with E-state index in [0.29, 0.717) is 15.1 Å². The van der Waals surface area contributed by atoms with Gasteiger partial charge in [0.2, 0.25) is 0 Å². The van der Waals surface area contributed by atoms with E-state index < -0.39 is 0 Å². The summed E-state index contributed by atoms with van der Waals surface area (Å²) < 4.78 is 2.02. The molecule has 0 aliphatic carbocycles. The molecule has 3 aliphatic rings. The second-order valence-electron chi connectivity index (χ2n) is 7.91. The first-order valence-electron chi connectivity index (χ1n) is 10.3. The van der Waals surface area contributed by atoms with Crippen LogP contribution in [0.3, 0.4) is 0 Å². The number of nitrogens with zero attached hydrogens (tertiary/aromatic N) is 4. The van der Waals surface area contributed by atoms with Gasteiger partial charge in [-0.1, -0.05) is 26.8 Å². The number of β-amino-alcohol motifs (C(OH)–C–C–N with tert-alkyl or cyclic N) is 1. The Morgan fingerprint density at radius 1 is 1.30 bits per heavy atom. The molecule has 2 aromatic heterocycles. The van der Waals surface area contributed by atoms with Gasteiger partial charge in [-0.05, 0) is 47.5 Å². The number of pyridine rings is 1. The molecule has 30 heavy (non-hydrogen) atoms. The molecule has 0 radical (unpaired) electrons. The largest absolute Gasteiger partial charge is 0.395 e. The minimum atomic E-state index is 0.0378. The van der Waals surface area contributed by atoms with Gasteiger partial charge in [-0.3, -0.25) is 9.69 Å². The van der Waals surface area contributed by atoms with Gasteiger partial charge in [0.25, 0.3) is 5.91 Å². The summed E-state index contributed by atoms with van der Waals surface area (Å²) in [7, 11) is 0.504. The minimum Gasteiger partial charge on any atom is -0.395 e. The number of aliphatic hydroxyl groups excluding tert-OH is 1. The van der Waals surface area contributed by atoms with Crippen LogP contribution in [0, 0.1) is 6.92 Å². The number of amides is 1. The van der Waals surface area contributed by atoms with Gasteiger partial charge in [0.1, 0.15) is 5.65 Å². The van der Waals surface area contributed by atoms with Crippen molar-refractivity contribution in [3.63, 3.8) is 0 Å². The Labute approximate surface area is 177 Å². The van der Waals surface area contributed by atoms with Crippen LogP contribution in [0.15, 0.2) is 66.2 Å². The van der Waals surface area contributed by atoms with E-state index in [1.54, 1.807) is 6.08 Å². The van der Waals surface area contributed by atoms with Crippen molar-refractivity contribution >= 4 is 25.4 Å². The van der Waals surface area contributed by atoms with Crippen molar-refractivity contribution in [3.05, 3.63) is 77.4 Å². The van der Waals surface area contributed by atoms with Crippen LogP contribution in [0.1, 0.15) is 17.7 Å². The Hall–Kier alpha value is -2.53. The van der Waals surface area contributed by atoms with Crippen LogP contribution in [0.2, 0.25) is 0 Å². The van der Waals surface area contributed by atoms with Crippen LogP contribution < -0.4 is 0 Å². The highest BCUT2D eigenvalue weighted by Crippen LogP contribution is 2.45. The molecule has 7 heteroatoms. The lowest BCUT2D eigenvalue weighted by atomic mass is 9.98. The SMILES string of the molecule is Cc1cn2cc(C3=CC(=O)N4C=C(C5=CCN(CCO)CC5)C=CC4P3)ccc2n1. The summed E-state index contributed by atoms with van der Waals surface area (Å²) in [6.07, 6.45) is 15.4. The van der Waals surface area contributed by atoms with Crippen molar-refractivity contribution < 1.29 is 9.90 Å². The molecule has 2 unspecified atom stereocenters. The zero-order valence-electron chi connectivity index (χ0n) is 17.0. The van der Waals surface area contributed by atoms with E-state index in [9.17, 15) is 4.79 Å². The van der Waals surface area contributed by atoms with Crippen molar-refractivity contribution in [1.82, 2.24) is 19.2 Å². The van der Waals surface area contributed by atoms with E-state index in [-0.39, 0.29) is 18.3 Å². The first-order chi connectivity index (χ1) is 14.6. The van der Waals surface area contributed by atoms with Crippen LogP contribution in [0.25, 0.3) is 11.0 Å². The number of aliphatic hydroxyl groups is 1. The molecular weight excluding hydrogens is 395 g/mol. The number of fused-ring (bicyclic) bond motifs is 2. The highest BCUT2D eigenvalue weighted by Gasteiger charge is 2.29. The predicted octanol–water partition coefficient (Wildman–Crippen LogP) is 2.91. The molecule has 2 atom stereocenters. The van der Waals surface area contributed by atoms with Crippen molar-refractivity contribution in [2.45, 2.75) is 19.1 Å². The summed E-state index contributed by atoms with van der Waals surface area (Å²) in [6, 6.07) is 4.07. The molecule has 3 aliphatic heterocycles. The molecular formula is C23H25N4O2P. The molecule has 0 aromatic carbocycles. The summed E-state index contributed by atoms with van der Waals surface area (Å²) in [5.41, 5.74) is 5.39. The van der Waals surface area contributed by atoms with E-state index in [2.05, 4.69) is 40.4 Å². The zero-order valence-corrected chi connectivity index (χ0v) is 18.0. The highest BCUT2D eigenvalue weighted by molar-refractivity contribution is 7.51. The van der Waals surface area contributed by atoms with Gasteiger partial charge in [-0.15, -0.1) is 0 Å². The number of rotatable bonds is 4. The summed E-state index contributed by atoms with van der Waals surface area (Å²) in [5.74, 6) is 0.118. The van der Waals surface area contributed by atoms with Crippen molar-refractivity contribution in [3.8, 4) is 0 Å². The monoisotopic (exact) mass is 420 g/mol. The number of hydrogen-bond donors (Lipinski definition) is 1. The van der Waals surface area contributed by atoms with Gasteiger partial charge in [-0.2, -0.15) is 0 Å². The van der Waals surface area contributed by atoms with E-state index in [1.165, 1.54) is 5.57 Å². The van der Waals surface area contributed by atoms with Gasteiger partial charge in [-0.25, -0.2) is 4.98 Å². The Balaban J connectivity index is 1.37. The summed E-state index contributed by atoms with van der Waals surface area (Å²) in [5, 5.41) is 10.2. The first-order valence-corrected chi connectivity index (χ1v) is 11.4. The normalized spacial score (nSPS) is 22.9. The highest BCUT2D eigenvalue weighted by atomic mass is 31.1. The molecule has 0 saturated heterocycles.